The summed E-state index contributed by atoms with van der Waals surface area (Å²) in [6.45, 7) is 2.55. The number of benzene rings is 1. The highest BCUT2D eigenvalue weighted by atomic mass is 35.5. The second-order valence-electron chi connectivity index (χ2n) is 3.85. The Bertz CT molecular complexity index is 529. The Labute approximate surface area is 104 Å². The number of pyridine rings is 1. The lowest BCUT2D eigenvalue weighted by Crippen LogP contribution is -2.01. The van der Waals surface area contributed by atoms with Gasteiger partial charge in [-0.2, -0.15) is 0 Å². The van der Waals surface area contributed by atoms with Crippen molar-refractivity contribution < 1.29 is 4.39 Å². The van der Waals surface area contributed by atoms with Crippen molar-refractivity contribution in [3.8, 4) is 0 Å². The first kappa shape index (κ1) is 11.9. The van der Waals surface area contributed by atoms with E-state index in [-0.39, 0.29) is 5.82 Å². The fraction of sp³-hybridized carbons (Fsp3) is 0.154. The molecule has 1 aromatic carbocycles. The van der Waals surface area contributed by atoms with Gasteiger partial charge in [-0.3, -0.25) is 4.98 Å². The van der Waals surface area contributed by atoms with Crippen LogP contribution in [0.3, 0.4) is 0 Å². The molecule has 1 N–H and O–H groups in total. The zero-order valence-corrected chi connectivity index (χ0v) is 10.1. The molecular weight excluding hydrogens is 239 g/mol. The van der Waals surface area contributed by atoms with Gasteiger partial charge < -0.3 is 5.32 Å². The van der Waals surface area contributed by atoms with Crippen LogP contribution >= 0.6 is 11.6 Å². The van der Waals surface area contributed by atoms with Gasteiger partial charge in [0.25, 0.3) is 0 Å². The summed E-state index contributed by atoms with van der Waals surface area (Å²) in [5.41, 5.74) is 2.72. The molecule has 4 heteroatoms. The van der Waals surface area contributed by atoms with Crippen LogP contribution < -0.4 is 5.32 Å². The average molecular weight is 251 g/mol. The summed E-state index contributed by atoms with van der Waals surface area (Å²) in [6.07, 6.45) is 3.56. The molecular formula is C13H12ClFN2. The van der Waals surface area contributed by atoms with Crippen molar-refractivity contribution in [3.63, 3.8) is 0 Å². The van der Waals surface area contributed by atoms with E-state index < -0.39 is 0 Å². The first-order valence-corrected chi connectivity index (χ1v) is 5.62. The van der Waals surface area contributed by atoms with E-state index in [1.807, 2.05) is 13.0 Å². The molecule has 0 bridgehead atoms. The molecule has 0 aliphatic rings. The largest absolute Gasteiger partial charge is 0.380 e. The van der Waals surface area contributed by atoms with E-state index in [0.717, 1.165) is 11.1 Å². The van der Waals surface area contributed by atoms with Crippen LogP contribution in [0.1, 0.15) is 11.1 Å². The van der Waals surface area contributed by atoms with Crippen molar-refractivity contribution in [1.82, 2.24) is 4.98 Å². The number of hydrogen-bond acceptors (Lipinski definition) is 2. The fourth-order valence-corrected chi connectivity index (χ4v) is 1.73. The molecule has 0 spiro atoms. The molecule has 0 saturated heterocycles. The second-order valence-corrected chi connectivity index (χ2v) is 4.26. The number of nitrogens with one attached hydrogen (secondary N) is 1. The van der Waals surface area contributed by atoms with Gasteiger partial charge in [0, 0.05) is 18.9 Å². The Hall–Kier alpha value is -1.61. The van der Waals surface area contributed by atoms with Crippen molar-refractivity contribution in [3.05, 3.63) is 58.6 Å². The number of aryl methyl sites for hydroxylation is 1. The third-order valence-electron chi connectivity index (χ3n) is 2.34. The molecule has 2 nitrogen and oxygen atoms in total. The standard InChI is InChI=1S/C13H12ClFN2/c1-9-4-10(7-16-6-9)8-17-13-5-11(15)2-3-12(13)14/h2-7,17H,8H2,1H3. The maximum atomic E-state index is 13.0. The summed E-state index contributed by atoms with van der Waals surface area (Å²) in [7, 11) is 0. The predicted molar refractivity (Wildman–Crippen MR) is 67.7 cm³/mol. The van der Waals surface area contributed by atoms with Crippen LogP contribution in [0.5, 0.6) is 0 Å². The number of nitrogens with zero attached hydrogens (tertiary/aromatic N) is 1. The Morgan fingerprint density at radius 3 is 2.88 bits per heavy atom. The van der Waals surface area contributed by atoms with Crippen molar-refractivity contribution in [2.75, 3.05) is 5.32 Å². The summed E-state index contributed by atoms with van der Waals surface area (Å²) in [5, 5.41) is 3.59. The van der Waals surface area contributed by atoms with Crippen LogP contribution in [0.15, 0.2) is 36.7 Å². The summed E-state index contributed by atoms with van der Waals surface area (Å²) < 4.78 is 13.0. The number of halogens is 2. The van der Waals surface area contributed by atoms with Crippen molar-refractivity contribution in [1.29, 1.82) is 0 Å². The first-order chi connectivity index (χ1) is 8.15. The molecule has 2 aromatic rings. The highest BCUT2D eigenvalue weighted by Gasteiger charge is 2.02. The molecule has 0 unspecified atom stereocenters. The second kappa shape index (κ2) is 5.15. The highest BCUT2D eigenvalue weighted by molar-refractivity contribution is 6.33. The molecule has 2 rings (SSSR count). The Balaban J connectivity index is 2.09. The van der Waals surface area contributed by atoms with E-state index in [4.69, 9.17) is 11.6 Å². The molecule has 17 heavy (non-hydrogen) atoms. The summed E-state index contributed by atoms with van der Waals surface area (Å²) in [4.78, 5) is 4.09. The SMILES string of the molecule is Cc1cncc(CNc2cc(F)ccc2Cl)c1. The first-order valence-electron chi connectivity index (χ1n) is 5.24. The zero-order valence-electron chi connectivity index (χ0n) is 9.37. The molecule has 1 heterocycles. The molecule has 0 amide bonds. The minimum atomic E-state index is -0.306. The van der Waals surface area contributed by atoms with Crippen molar-refractivity contribution in [2.24, 2.45) is 0 Å². The summed E-state index contributed by atoms with van der Waals surface area (Å²) in [5.74, 6) is -0.306. The van der Waals surface area contributed by atoms with Gasteiger partial charge in [0.05, 0.1) is 10.7 Å². The minimum Gasteiger partial charge on any atom is -0.380 e. The third kappa shape index (κ3) is 3.17. The third-order valence-corrected chi connectivity index (χ3v) is 2.67. The van der Waals surface area contributed by atoms with Gasteiger partial charge in [-0.05, 0) is 36.2 Å². The topological polar surface area (TPSA) is 24.9 Å². The van der Waals surface area contributed by atoms with Gasteiger partial charge in [-0.1, -0.05) is 17.7 Å². The summed E-state index contributed by atoms with van der Waals surface area (Å²) >= 11 is 5.95. The van der Waals surface area contributed by atoms with E-state index in [0.29, 0.717) is 17.3 Å². The van der Waals surface area contributed by atoms with Crippen molar-refractivity contribution >= 4 is 17.3 Å². The molecule has 0 aliphatic carbocycles. The van der Waals surface area contributed by atoms with Crippen LogP contribution in [0, 0.1) is 12.7 Å². The molecule has 0 fully saturated rings. The average Bonchev–Trinajstić information content (AvgIpc) is 2.30. The number of anilines is 1. The highest BCUT2D eigenvalue weighted by Crippen LogP contribution is 2.22. The van der Waals surface area contributed by atoms with Gasteiger partial charge >= 0.3 is 0 Å². The molecule has 0 aliphatic heterocycles. The number of rotatable bonds is 3. The van der Waals surface area contributed by atoms with Gasteiger partial charge in [0.2, 0.25) is 0 Å². The molecule has 0 saturated carbocycles. The van der Waals surface area contributed by atoms with E-state index >= 15 is 0 Å². The molecule has 0 radical (unpaired) electrons. The van der Waals surface area contributed by atoms with Gasteiger partial charge in [-0.25, -0.2) is 4.39 Å². The normalized spacial score (nSPS) is 10.3. The van der Waals surface area contributed by atoms with Crippen molar-refractivity contribution in [2.45, 2.75) is 13.5 Å². The Morgan fingerprint density at radius 1 is 1.29 bits per heavy atom. The van der Waals surface area contributed by atoms with Crippen LogP contribution in [0.2, 0.25) is 5.02 Å². The van der Waals surface area contributed by atoms with E-state index in [1.165, 1.54) is 18.2 Å². The number of aromatic nitrogens is 1. The molecule has 0 atom stereocenters. The van der Waals surface area contributed by atoms with E-state index in [1.54, 1.807) is 12.4 Å². The van der Waals surface area contributed by atoms with Crippen LogP contribution in [0.4, 0.5) is 10.1 Å². The maximum Gasteiger partial charge on any atom is 0.125 e. The fourth-order valence-electron chi connectivity index (χ4n) is 1.54. The smallest absolute Gasteiger partial charge is 0.125 e. The minimum absolute atomic E-state index is 0.306. The van der Waals surface area contributed by atoms with Gasteiger partial charge in [-0.15, -0.1) is 0 Å². The predicted octanol–water partition coefficient (Wildman–Crippen LogP) is 3.79. The van der Waals surface area contributed by atoms with Gasteiger partial charge in [0.15, 0.2) is 0 Å². The van der Waals surface area contributed by atoms with E-state index in [9.17, 15) is 4.39 Å². The van der Waals surface area contributed by atoms with Crippen LogP contribution in [-0.4, -0.2) is 4.98 Å². The summed E-state index contributed by atoms with van der Waals surface area (Å²) in [6, 6.07) is 6.27. The molecule has 1 aromatic heterocycles. The maximum absolute atomic E-state index is 13.0. The lowest BCUT2D eigenvalue weighted by atomic mass is 10.2. The van der Waals surface area contributed by atoms with Crippen LogP contribution in [-0.2, 0) is 6.54 Å². The lowest BCUT2D eigenvalue weighted by molar-refractivity contribution is 0.628. The van der Waals surface area contributed by atoms with Crippen LogP contribution in [0.25, 0.3) is 0 Å². The monoisotopic (exact) mass is 250 g/mol. The number of hydrogen-bond donors (Lipinski definition) is 1. The Kier molecular flexibility index (Phi) is 3.59. The van der Waals surface area contributed by atoms with Gasteiger partial charge in [0.1, 0.15) is 5.82 Å². The Morgan fingerprint density at radius 2 is 2.12 bits per heavy atom. The lowest BCUT2D eigenvalue weighted by Gasteiger charge is -2.08. The van der Waals surface area contributed by atoms with E-state index in [2.05, 4.69) is 10.3 Å². The zero-order chi connectivity index (χ0) is 12.3. The quantitative estimate of drug-likeness (QED) is 0.896. The molecule has 88 valence electrons.